The third kappa shape index (κ3) is 3.74. The van der Waals surface area contributed by atoms with Gasteiger partial charge in [-0.05, 0) is 50.5 Å². The third-order valence-corrected chi connectivity index (χ3v) is 6.15. The van der Waals surface area contributed by atoms with E-state index in [1.54, 1.807) is 18.2 Å². The molecule has 0 aliphatic heterocycles. The van der Waals surface area contributed by atoms with Crippen LogP contribution in [-0.2, 0) is 16.4 Å². The van der Waals surface area contributed by atoms with E-state index in [0.29, 0.717) is 16.8 Å². The van der Waals surface area contributed by atoms with Gasteiger partial charge >= 0.3 is 0 Å². The number of aromatic nitrogens is 1. The van der Waals surface area contributed by atoms with E-state index in [2.05, 4.69) is 0 Å². The van der Waals surface area contributed by atoms with E-state index >= 15 is 0 Å². The van der Waals surface area contributed by atoms with Crippen molar-refractivity contribution in [3.63, 3.8) is 0 Å². The number of hydrogen-bond acceptors (Lipinski definition) is 3. The van der Waals surface area contributed by atoms with E-state index in [9.17, 15) is 8.42 Å². The average molecular weight is 369 g/mol. The Kier molecular flexibility index (Phi) is 5.59. The first kappa shape index (κ1) is 18.4. The second-order valence-corrected chi connectivity index (χ2v) is 8.11. The lowest BCUT2D eigenvalue weighted by molar-refractivity contribution is 0.342. The van der Waals surface area contributed by atoms with Gasteiger partial charge < -0.3 is 5.11 Å². The molecule has 2 aromatic carbocycles. The molecular weight excluding hydrogens is 346 g/mol. The Bertz CT molecular complexity index is 1020. The van der Waals surface area contributed by atoms with Gasteiger partial charge in [0.1, 0.15) is 0 Å². The first-order valence-corrected chi connectivity index (χ1v) is 10.2. The molecule has 1 N–H and O–H groups in total. The van der Waals surface area contributed by atoms with Crippen LogP contribution in [0.25, 0.3) is 10.9 Å². The molecule has 5 heteroatoms. The fourth-order valence-electron chi connectivity index (χ4n) is 3.05. The molecular formula is C21H23NO3S. The quantitative estimate of drug-likeness (QED) is 0.505. The summed E-state index contributed by atoms with van der Waals surface area (Å²) in [6.45, 7) is 1.97. The number of allylic oxidation sites excluding steroid dienone is 1. The monoisotopic (exact) mass is 369 g/mol. The summed E-state index contributed by atoms with van der Waals surface area (Å²) in [5.74, 6) is 0. The van der Waals surface area contributed by atoms with Gasteiger partial charge in [0.25, 0.3) is 10.0 Å². The summed E-state index contributed by atoms with van der Waals surface area (Å²) in [6, 6.07) is 16.5. The molecule has 0 spiro atoms. The van der Waals surface area contributed by atoms with Gasteiger partial charge in [-0.15, -0.1) is 0 Å². The molecule has 0 saturated heterocycles. The second kappa shape index (κ2) is 7.89. The van der Waals surface area contributed by atoms with Crippen molar-refractivity contribution in [3.8, 4) is 0 Å². The zero-order valence-electron chi connectivity index (χ0n) is 14.8. The SMILES string of the molecule is Cc1ccc(S(=O)(=O)n2c(CCCC=CCO)cc3ccccc32)cc1. The number of hydrogen-bond donors (Lipinski definition) is 1. The molecule has 0 saturated carbocycles. The molecule has 0 atom stereocenters. The summed E-state index contributed by atoms with van der Waals surface area (Å²) >= 11 is 0. The van der Waals surface area contributed by atoms with Crippen LogP contribution in [-0.4, -0.2) is 24.1 Å². The Morgan fingerprint density at radius 1 is 1.04 bits per heavy atom. The van der Waals surface area contributed by atoms with Crippen molar-refractivity contribution in [1.82, 2.24) is 3.97 Å². The standard InChI is InChI=1S/C21H23NO3S/c1-17-11-13-20(14-12-17)26(24,25)22-19(9-4-2-3-7-15-23)16-18-8-5-6-10-21(18)22/h3,5-8,10-14,16,23H,2,4,9,15H2,1H3. The summed E-state index contributed by atoms with van der Waals surface area (Å²) < 4.78 is 28.1. The lowest BCUT2D eigenvalue weighted by Gasteiger charge is -2.12. The summed E-state index contributed by atoms with van der Waals surface area (Å²) in [5, 5.41) is 9.72. The Hall–Kier alpha value is -2.37. The van der Waals surface area contributed by atoms with Crippen molar-refractivity contribution in [1.29, 1.82) is 0 Å². The highest BCUT2D eigenvalue weighted by atomic mass is 32.2. The van der Waals surface area contributed by atoms with Crippen LogP contribution >= 0.6 is 0 Å². The van der Waals surface area contributed by atoms with Crippen LogP contribution in [0.3, 0.4) is 0 Å². The molecule has 1 aromatic heterocycles. The number of rotatable bonds is 7. The highest BCUT2D eigenvalue weighted by Crippen LogP contribution is 2.27. The van der Waals surface area contributed by atoms with E-state index in [1.165, 1.54) is 3.97 Å². The largest absolute Gasteiger partial charge is 0.392 e. The molecule has 1 heterocycles. The second-order valence-electron chi connectivity index (χ2n) is 6.32. The summed E-state index contributed by atoms with van der Waals surface area (Å²) in [6.07, 6.45) is 5.89. The van der Waals surface area contributed by atoms with Gasteiger partial charge in [0.05, 0.1) is 17.0 Å². The first-order valence-electron chi connectivity index (χ1n) is 8.71. The lowest BCUT2D eigenvalue weighted by Crippen LogP contribution is -2.15. The number of aliphatic hydroxyl groups excluding tert-OH is 1. The highest BCUT2D eigenvalue weighted by Gasteiger charge is 2.22. The molecule has 4 nitrogen and oxygen atoms in total. The molecule has 3 aromatic rings. The van der Waals surface area contributed by atoms with Gasteiger partial charge in [0.2, 0.25) is 0 Å². The number of nitrogens with zero attached hydrogens (tertiary/aromatic N) is 1. The minimum absolute atomic E-state index is 0.0298. The Balaban J connectivity index is 2.03. The van der Waals surface area contributed by atoms with E-state index in [0.717, 1.165) is 29.5 Å². The molecule has 0 radical (unpaired) electrons. The Morgan fingerprint density at radius 3 is 2.50 bits per heavy atom. The molecule has 0 aliphatic rings. The van der Waals surface area contributed by atoms with Gasteiger partial charge in [-0.2, -0.15) is 0 Å². The molecule has 0 unspecified atom stereocenters. The van der Waals surface area contributed by atoms with Crippen LogP contribution in [0.15, 0.2) is 71.6 Å². The van der Waals surface area contributed by atoms with Gasteiger partial charge in [-0.1, -0.05) is 48.0 Å². The zero-order valence-corrected chi connectivity index (χ0v) is 15.6. The lowest BCUT2D eigenvalue weighted by atomic mass is 10.2. The van der Waals surface area contributed by atoms with Gasteiger partial charge in [0, 0.05) is 11.1 Å². The van der Waals surface area contributed by atoms with Gasteiger partial charge in [0.15, 0.2) is 0 Å². The van der Waals surface area contributed by atoms with Crippen molar-refractivity contribution in [2.24, 2.45) is 0 Å². The van der Waals surface area contributed by atoms with E-state index in [4.69, 9.17) is 5.11 Å². The number of fused-ring (bicyclic) bond motifs is 1. The molecule has 0 amide bonds. The molecule has 0 fully saturated rings. The van der Waals surface area contributed by atoms with Crippen LogP contribution in [0.5, 0.6) is 0 Å². The van der Waals surface area contributed by atoms with Crippen molar-refractivity contribution >= 4 is 20.9 Å². The minimum atomic E-state index is -3.66. The summed E-state index contributed by atoms with van der Waals surface area (Å²) in [4.78, 5) is 0.297. The Labute approximate surface area is 154 Å². The van der Waals surface area contributed by atoms with Crippen LogP contribution in [0.4, 0.5) is 0 Å². The fourth-order valence-corrected chi connectivity index (χ4v) is 4.62. The van der Waals surface area contributed by atoms with E-state index in [1.807, 2.05) is 55.5 Å². The average Bonchev–Trinajstić information content (AvgIpc) is 3.01. The van der Waals surface area contributed by atoms with Crippen molar-refractivity contribution in [2.45, 2.75) is 31.1 Å². The van der Waals surface area contributed by atoms with Crippen LogP contribution in [0, 0.1) is 6.92 Å². The summed E-state index contributed by atoms with van der Waals surface area (Å²) in [5.41, 5.74) is 2.51. The molecule has 0 aliphatic carbocycles. The topological polar surface area (TPSA) is 59.3 Å². The molecule has 3 rings (SSSR count). The maximum atomic E-state index is 13.3. The number of unbranched alkanes of at least 4 members (excludes halogenated alkanes) is 1. The molecule has 136 valence electrons. The van der Waals surface area contributed by atoms with Crippen molar-refractivity contribution in [2.75, 3.05) is 6.61 Å². The predicted molar refractivity (Wildman–Crippen MR) is 105 cm³/mol. The van der Waals surface area contributed by atoms with Crippen molar-refractivity contribution < 1.29 is 13.5 Å². The maximum absolute atomic E-state index is 13.3. The number of benzene rings is 2. The number of para-hydroxylation sites is 1. The van der Waals surface area contributed by atoms with E-state index < -0.39 is 10.0 Å². The smallest absolute Gasteiger partial charge is 0.268 e. The maximum Gasteiger partial charge on any atom is 0.268 e. The fraction of sp³-hybridized carbons (Fsp3) is 0.238. The number of aryl methyl sites for hydroxylation is 2. The molecule has 26 heavy (non-hydrogen) atoms. The third-order valence-electron chi connectivity index (χ3n) is 4.37. The van der Waals surface area contributed by atoms with Gasteiger partial charge in [-0.25, -0.2) is 12.4 Å². The van der Waals surface area contributed by atoms with E-state index in [-0.39, 0.29) is 6.61 Å². The number of aliphatic hydroxyl groups is 1. The van der Waals surface area contributed by atoms with Crippen LogP contribution < -0.4 is 0 Å². The zero-order chi connectivity index (χ0) is 18.6. The van der Waals surface area contributed by atoms with Crippen LogP contribution in [0.1, 0.15) is 24.1 Å². The predicted octanol–water partition coefficient (Wildman–Crippen LogP) is 4.06. The van der Waals surface area contributed by atoms with Crippen LogP contribution in [0.2, 0.25) is 0 Å². The summed E-state index contributed by atoms with van der Waals surface area (Å²) in [7, 11) is -3.66. The minimum Gasteiger partial charge on any atom is -0.392 e. The van der Waals surface area contributed by atoms with Crippen molar-refractivity contribution in [3.05, 3.63) is 78.0 Å². The first-order chi connectivity index (χ1) is 12.5. The molecule has 0 bridgehead atoms. The normalized spacial score (nSPS) is 12.2. The van der Waals surface area contributed by atoms with Gasteiger partial charge in [-0.3, -0.25) is 0 Å². The Morgan fingerprint density at radius 2 is 1.77 bits per heavy atom. The highest BCUT2D eigenvalue weighted by molar-refractivity contribution is 7.90.